The lowest BCUT2D eigenvalue weighted by molar-refractivity contribution is -0.0737. The van der Waals surface area contributed by atoms with E-state index in [0.717, 1.165) is 0 Å². The van der Waals surface area contributed by atoms with Gasteiger partial charge >= 0.3 is 5.69 Å². The molecule has 0 aromatic carbocycles. The van der Waals surface area contributed by atoms with Crippen LogP contribution < -0.4 is 11.2 Å². The molecule has 168 valence electrons. The minimum absolute atomic E-state index is 0.0216. The normalized spacial score (nSPS) is 14.3. The lowest BCUT2D eigenvalue weighted by Crippen LogP contribution is -2.35. The Bertz CT molecular complexity index is 1380. The van der Waals surface area contributed by atoms with E-state index in [2.05, 4.69) is 25.5 Å². The van der Waals surface area contributed by atoms with Crippen LogP contribution in [0.4, 0.5) is 0 Å². The molecule has 3 atom stereocenters. The molecule has 0 aliphatic rings. The number of nitrogens with one attached hydrogen (secondary N) is 2. The van der Waals surface area contributed by atoms with Crippen LogP contribution in [0.3, 0.4) is 0 Å². The van der Waals surface area contributed by atoms with Crippen molar-refractivity contribution in [2.45, 2.75) is 31.4 Å². The predicted octanol–water partition coefficient (Wildman–Crippen LogP) is -1.06. The first-order chi connectivity index (χ1) is 15.3. The first-order valence-electron chi connectivity index (χ1n) is 9.18. The Kier molecular flexibility index (Phi) is 5.95. The van der Waals surface area contributed by atoms with E-state index in [-0.39, 0.29) is 35.1 Å². The zero-order chi connectivity index (χ0) is 22.8. The van der Waals surface area contributed by atoms with E-state index >= 15 is 0 Å². The quantitative estimate of drug-likeness (QED) is 0.199. The van der Waals surface area contributed by atoms with Crippen LogP contribution in [0.1, 0.15) is 17.6 Å². The van der Waals surface area contributed by atoms with Crippen molar-refractivity contribution in [2.24, 2.45) is 0 Å². The number of hydrogen-bond donors (Lipinski definition) is 5. The second-order valence-corrected chi connectivity index (χ2v) is 7.16. The van der Waals surface area contributed by atoms with E-state index in [4.69, 9.17) is 21.1 Å². The van der Waals surface area contributed by atoms with Gasteiger partial charge in [-0.2, -0.15) is 0 Å². The van der Waals surface area contributed by atoms with E-state index in [0.29, 0.717) is 5.69 Å². The molecule has 0 spiro atoms. The van der Waals surface area contributed by atoms with Gasteiger partial charge in [0.15, 0.2) is 0 Å². The summed E-state index contributed by atoms with van der Waals surface area (Å²) in [6, 6.07) is 2.66. The van der Waals surface area contributed by atoms with Crippen LogP contribution in [0, 0.1) is 4.84 Å². The van der Waals surface area contributed by atoms with Gasteiger partial charge in [-0.15, -0.1) is 10.2 Å². The Morgan fingerprint density at radius 1 is 1.22 bits per heavy atom. The molecule has 0 unspecified atom stereocenters. The van der Waals surface area contributed by atoms with E-state index in [9.17, 15) is 24.9 Å². The fourth-order valence-electron chi connectivity index (χ4n) is 2.98. The average molecular weight is 463 g/mol. The van der Waals surface area contributed by atoms with Crippen molar-refractivity contribution in [3.63, 3.8) is 0 Å². The van der Waals surface area contributed by atoms with Crippen LogP contribution in [0.5, 0.6) is 0 Å². The van der Waals surface area contributed by atoms with E-state index in [1.165, 1.54) is 40.0 Å². The standard InChI is InChI=1S/C17H17N7O7S/c25-10(7-24-6-8(19-22-24)5-23-3-1-11(26)18-16(23)29)12(27)13(28)14-9(2-4-30-14)15-20-21-17(32)31-15/h1-4,6,10,12-13,25,27-28H,5,7H2,(H,21,32)(H,18,26,29)/t10-,12-,13+/m1/s1. The largest absolute Gasteiger partial charge is 0.466 e. The van der Waals surface area contributed by atoms with Crippen molar-refractivity contribution < 1.29 is 24.2 Å². The molecule has 0 aliphatic carbocycles. The number of hydrogen-bond acceptors (Lipinski definition) is 11. The number of rotatable bonds is 8. The Morgan fingerprint density at radius 2 is 2.03 bits per heavy atom. The minimum atomic E-state index is -1.66. The molecule has 14 nitrogen and oxygen atoms in total. The molecule has 0 saturated carbocycles. The lowest BCUT2D eigenvalue weighted by atomic mass is 10.0. The third-order valence-corrected chi connectivity index (χ3v) is 4.71. The molecule has 32 heavy (non-hydrogen) atoms. The number of nitrogens with zero attached hydrogens (tertiary/aromatic N) is 5. The first-order valence-corrected chi connectivity index (χ1v) is 9.59. The Morgan fingerprint density at radius 3 is 2.75 bits per heavy atom. The topological polar surface area (TPSA) is 201 Å². The number of aliphatic hydroxyl groups is 3. The third-order valence-electron chi connectivity index (χ3n) is 4.54. The molecule has 0 saturated heterocycles. The number of H-pyrrole nitrogens is 2. The van der Waals surface area contributed by atoms with E-state index < -0.39 is 29.6 Å². The summed E-state index contributed by atoms with van der Waals surface area (Å²) >= 11 is 4.82. The van der Waals surface area contributed by atoms with Crippen molar-refractivity contribution in [3.05, 3.63) is 67.9 Å². The van der Waals surface area contributed by atoms with Crippen molar-refractivity contribution in [1.82, 2.24) is 34.7 Å². The lowest BCUT2D eigenvalue weighted by Gasteiger charge is -2.21. The molecule has 4 heterocycles. The number of furan rings is 1. The molecule has 0 amide bonds. The second-order valence-electron chi connectivity index (χ2n) is 6.79. The fourth-order valence-corrected chi connectivity index (χ4v) is 3.10. The summed E-state index contributed by atoms with van der Waals surface area (Å²) in [6.07, 6.45) is -0.695. The maximum Gasteiger partial charge on any atom is 0.328 e. The number of aliphatic hydroxyl groups excluding tert-OH is 3. The third kappa shape index (κ3) is 4.50. The molecular weight excluding hydrogens is 446 g/mol. The van der Waals surface area contributed by atoms with Gasteiger partial charge in [0.1, 0.15) is 29.8 Å². The summed E-state index contributed by atoms with van der Waals surface area (Å²) in [4.78, 5) is 25.0. The number of aromatic nitrogens is 7. The fraction of sp³-hybridized carbons (Fsp3) is 0.294. The molecule has 0 fully saturated rings. The van der Waals surface area contributed by atoms with Crippen molar-refractivity contribution in [2.75, 3.05) is 0 Å². The monoisotopic (exact) mass is 463 g/mol. The van der Waals surface area contributed by atoms with Crippen LogP contribution in [-0.2, 0) is 13.1 Å². The van der Waals surface area contributed by atoms with Gasteiger partial charge in [0.2, 0.25) is 5.89 Å². The highest BCUT2D eigenvalue weighted by molar-refractivity contribution is 7.71. The second kappa shape index (κ2) is 8.83. The summed E-state index contributed by atoms with van der Waals surface area (Å²) in [5.74, 6) is -0.0172. The smallest absolute Gasteiger partial charge is 0.328 e. The Hall–Kier alpha value is -3.66. The van der Waals surface area contributed by atoms with Gasteiger partial charge in [0.25, 0.3) is 10.4 Å². The van der Waals surface area contributed by atoms with E-state index in [1.54, 1.807) is 0 Å². The van der Waals surface area contributed by atoms with Crippen LogP contribution in [-0.4, -0.2) is 62.3 Å². The van der Waals surface area contributed by atoms with Gasteiger partial charge in [0, 0.05) is 12.3 Å². The SMILES string of the molecule is O=c1ccn(Cc2cn(C[C@@H](O)[C@@H](O)[C@H](O)c3occc3-c3n[nH]c(=S)o3)nn2)c(=O)[nH]1. The van der Waals surface area contributed by atoms with Gasteiger partial charge in [-0.05, 0) is 18.3 Å². The molecule has 4 aromatic heterocycles. The zero-order valence-corrected chi connectivity index (χ0v) is 17.0. The highest BCUT2D eigenvalue weighted by atomic mass is 32.1. The molecule has 0 radical (unpaired) electrons. The summed E-state index contributed by atoms with van der Waals surface area (Å²) in [5, 5.41) is 45.3. The molecule has 5 N–H and O–H groups in total. The summed E-state index contributed by atoms with van der Waals surface area (Å²) in [5.41, 5.74) is -0.498. The zero-order valence-electron chi connectivity index (χ0n) is 16.2. The van der Waals surface area contributed by atoms with Gasteiger partial charge < -0.3 is 24.2 Å². The molecule has 0 bridgehead atoms. The molecular formula is C17H17N7O7S. The van der Waals surface area contributed by atoms with Crippen molar-refractivity contribution in [1.29, 1.82) is 0 Å². The van der Waals surface area contributed by atoms with E-state index in [1.807, 2.05) is 0 Å². The number of aromatic amines is 2. The maximum atomic E-state index is 11.8. The highest BCUT2D eigenvalue weighted by Crippen LogP contribution is 2.31. The van der Waals surface area contributed by atoms with Crippen molar-refractivity contribution in [3.8, 4) is 11.5 Å². The Labute approximate surface area is 182 Å². The average Bonchev–Trinajstić information content (AvgIpc) is 3.50. The summed E-state index contributed by atoms with van der Waals surface area (Å²) in [7, 11) is 0. The van der Waals surface area contributed by atoms with Crippen LogP contribution >= 0.6 is 12.2 Å². The molecule has 15 heteroatoms. The van der Waals surface area contributed by atoms with Crippen LogP contribution in [0.25, 0.3) is 11.5 Å². The summed E-state index contributed by atoms with van der Waals surface area (Å²) in [6.45, 7) is -0.185. The minimum Gasteiger partial charge on any atom is -0.466 e. The van der Waals surface area contributed by atoms with Crippen LogP contribution in [0.2, 0.25) is 0 Å². The van der Waals surface area contributed by atoms with Gasteiger partial charge in [-0.3, -0.25) is 14.3 Å². The molecule has 0 aliphatic heterocycles. The van der Waals surface area contributed by atoms with Crippen molar-refractivity contribution >= 4 is 12.2 Å². The van der Waals surface area contributed by atoms with Gasteiger partial charge in [-0.25, -0.2) is 14.6 Å². The predicted molar refractivity (Wildman–Crippen MR) is 107 cm³/mol. The summed E-state index contributed by atoms with van der Waals surface area (Å²) < 4.78 is 12.9. The molecule has 4 aromatic rings. The van der Waals surface area contributed by atoms with Crippen LogP contribution in [0.15, 0.2) is 49.2 Å². The van der Waals surface area contributed by atoms with Gasteiger partial charge in [0.05, 0.1) is 31.1 Å². The highest BCUT2D eigenvalue weighted by Gasteiger charge is 2.32. The Balaban J connectivity index is 1.44. The van der Waals surface area contributed by atoms with Gasteiger partial charge in [-0.1, -0.05) is 5.21 Å². The first kappa shape index (κ1) is 21.6. The molecule has 4 rings (SSSR count). The maximum absolute atomic E-state index is 11.8.